The highest BCUT2D eigenvalue weighted by molar-refractivity contribution is 5.95. The zero-order valence-corrected chi connectivity index (χ0v) is 19.8. The first-order chi connectivity index (χ1) is 16.5. The number of ether oxygens (including phenoxy) is 2. The van der Waals surface area contributed by atoms with Gasteiger partial charge in [0.1, 0.15) is 6.04 Å². The van der Waals surface area contributed by atoms with E-state index in [9.17, 15) is 9.59 Å². The third kappa shape index (κ3) is 6.07. The van der Waals surface area contributed by atoms with Gasteiger partial charge in [0.05, 0.1) is 19.4 Å². The fourth-order valence-electron chi connectivity index (χ4n) is 4.41. The number of nitrogens with zero attached hydrogens (tertiary/aromatic N) is 2. The van der Waals surface area contributed by atoms with Gasteiger partial charge in [-0.25, -0.2) is 0 Å². The van der Waals surface area contributed by atoms with E-state index in [0.29, 0.717) is 17.1 Å². The molecule has 8 heteroatoms. The van der Waals surface area contributed by atoms with Gasteiger partial charge in [0.25, 0.3) is 0 Å². The summed E-state index contributed by atoms with van der Waals surface area (Å²) in [5, 5.41) is 12.1. The lowest BCUT2D eigenvalue weighted by molar-refractivity contribution is -0.120. The number of anilines is 2. The van der Waals surface area contributed by atoms with Crippen molar-refractivity contribution in [1.29, 1.82) is 0 Å². The first-order valence-corrected chi connectivity index (χ1v) is 11.9. The van der Waals surface area contributed by atoms with Crippen molar-refractivity contribution in [2.45, 2.75) is 57.6 Å². The second-order valence-electron chi connectivity index (χ2n) is 8.75. The number of amides is 2. The molecule has 1 atom stereocenters. The van der Waals surface area contributed by atoms with Crippen molar-refractivity contribution in [3.63, 3.8) is 0 Å². The van der Waals surface area contributed by atoms with Gasteiger partial charge in [-0.15, -0.1) is 0 Å². The Labute approximate surface area is 200 Å². The van der Waals surface area contributed by atoms with Gasteiger partial charge in [-0.2, -0.15) is 5.10 Å². The molecule has 8 nitrogen and oxygen atoms in total. The standard InChI is InChI=1S/C26H32N4O4/c1-18(31)28-20-10-12-21(13-11-20)29-26(32)23-8-5-15-30(23)27-17-19-9-14-24(33-2)25(16-19)34-22-6-3-4-7-22/h9-14,16-17,22-23H,3-8,15H2,1-2H3,(H,28,31)(H,29,32)/b27-17+. The predicted octanol–water partition coefficient (Wildman–Crippen LogP) is 4.41. The van der Waals surface area contributed by atoms with Crippen LogP contribution < -0.4 is 20.1 Å². The van der Waals surface area contributed by atoms with E-state index in [1.54, 1.807) is 37.6 Å². The second-order valence-corrected chi connectivity index (χ2v) is 8.75. The molecule has 1 aliphatic heterocycles. The lowest BCUT2D eigenvalue weighted by Crippen LogP contribution is -2.36. The van der Waals surface area contributed by atoms with Crippen LogP contribution in [-0.4, -0.2) is 48.8 Å². The molecule has 2 N–H and O–H groups in total. The zero-order valence-electron chi connectivity index (χ0n) is 19.8. The van der Waals surface area contributed by atoms with E-state index in [1.807, 2.05) is 23.2 Å². The molecule has 2 amide bonds. The normalized spacial score (nSPS) is 18.3. The fourth-order valence-corrected chi connectivity index (χ4v) is 4.41. The number of hydrazone groups is 1. The number of methoxy groups -OCH3 is 1. The van der Waals surface area contributed by atoms with Crippen LogP contribution in [0.4, 0.5) is 11.4 Å². The quantitative estimate of drug-likeness (QED) is 0.565. The van der Waals surface area contributed by atoms with Crippen LogP contribution in [-0.2, 0) is 9.59 Å². The van der Waals surface area contributed by atoms with E-state index in [4.69, 9.17) is 9.47 Å². The lowest BCUT2D eigenvalue weighted by atomic mass is 10.2. The Hall–Kier alpha value is -3.55. The molecule has 2 fully saturated rings. The number of benzene rings is 2. The average Bonchev–Trinajstić information content (AvgIpc) is 3.51. The molecule has 2 aromatic rings. The molecule has 1 aliphatic carbocycles. The Morgan fingerprint density at radius 3 is 2.35 bits per heavy atom. The highest BCUT2D eigenvalue weighted by Gasteiger charge is 2.30. The molecule has 180 valence electrons. The van der Waals surface area contributed by atoms with Crippen LogP contribution >= 0.6 is 0 Å². The molecule has 0 aromatic heterocycles. The average molecular weight is 465 g/mol. The Bertz CT molecular complexity index is 1030. The number of rotatable bonds is 8. The SMILES string of the molecule is COc1ccc(/C=N/N2CCCC2C(=O)Nc2ccc(NC(C)=O)cc2)cc1OC1CCCC1. The van der Waals surface area contributed by atoms with Crippen LogP contribution in [0.2, 0.25) is 0 Å². The van der Waals surface area contributed by atoms with Crippen molar-refractivity contribution in [3.05, 3.63) is 48.0 Å². The maximum Gasteiger partial charge on any atom is 0.248 e. The van der Waals surface area contributed by atoms with Crippen molar-refractivity contribution < 1.29 is 19.1 Å². The second kappa shape index (κ2) is 11.0. The molecule has 1 unspecified atom stereocenters. The summed E-state index contributed by atoms with van der Waals surface area (Å²) in [4.78, 5) is 24.1. The van der Waals surface area contributed by atoms with Gasteiger partial charge in [-0.3, -0.25) is 14.6 Å². The summed E-state index contributed by atoms with van der Waals surface area (Å²) in [5.41, 5.74) is 2.26. The Morgan fingerprint density at radius 1 is 0.971 bits per heavy atom. The number of carbonyl (C=O) groups excluding carboxylic acids is 2. The van der Waals surface area contributed by atoms with Crippen molar-refractivity contribution >= 4 is 29.4 Å². The van der Waals surface area contributed by atoms with E-state index in [1.165, 1.54) is 19.8 Å². The highest BCUT2D eigenvalue weighted by atomic mass is 16.5. The van der Waals surface area contributed by atoms with Gasteiger partial charge >= 0.3 is 0 Å². The van der Waals surface area contributed by atoms with Gasteiger partial charge in [0.15, 0.2) is 11.5 Å². The molecule has 34 heavy (non-hydrogen) atoms. The van der Waals surface area contributed by atoms with E-state index in [0.717, 1.165) is 43.5 Å². The summed E-state index contributed by atoms with van der Waals surface area (Å²) in [7, 11) is 1.64. The maximum atomic E-state index is 12.9. The summed E-state index contributed by atoms with van der Waals surface area (Å²) >= 11 is 0. The number of hydrogen-bond acceptors (Lipinski definition) is 6. The first kappa shape index (κ1) is 23.6. The fraction of sp³-hybridized carbons (Fsp3) is 0.423. The van der Waals surface area contributed by atoms with Gasteiger partial charge in [-0.1, -0.05) is 0 Å². The number of nitrogens with one attached hydrogen (secondary N) is 2. The minimum atomic E-state index is -0.335. The van der Waals surface area contributed by atoms with E-state index in [2.05, 4.69) is 15.7 Å². The predicted molar refractivity (Wildman–Crippen MR) is 133 cm³/mol. The summed E-state index contributed by atoms with van der Waals surface area (Å²) in [5.74, 6) is 1.22. The van der Waals surface area contributed by atoms with E-state index >= 15 is 0 Å². The smallest absolute Gasteiger partial charge is 0.248 e. The molecule has 0 spiro atoms. The molecule has 1 saturated carbocycles. The monoisotopic (exact) mass is 464 g/mol. The number of hydrogen-bond donors (Lipinski definition) is 2. The van der Waals surface area contributed by atoms with E-state index in [-0.39, 0.29) is 24.0 Å². The highest BCUT2D eigenvalue weighted by Crippen LogP contribution is 2.32. The maximum absolute atomic E-state index is 12.9. The van der Waals surface area contributed by atoms with Crippen molar-refractivity contribution in [2.24, 2.45) is 5.10 Å². The van der Waals surface area contributed by atoms with Crippen LogP contribution in [0.5, 0.6) is 11.5 Å². The van der Waals surface area contributed by atoms with Gasteiger partial charge < -0.3 is 20.1 Å². The first-order valence-electron chi connectivity index (χ1n) is 11.9. The molecule has 1 saturated heterocycles. The van der Waals surface area contributed by atoms with Crippen LogP contribution in [0, 0.1) is 0 Å². The molecule has 0 radical (unpaired) electrons. The summed E-state index contributed by atoms with van der Waals surface area (Å²) in [6.07, 6.45) is 8.19. The van der Waals surface area contributed by atoms with Crippen molar-refractivity contribution in [2.75, 3.05) is 24.3 Å². The molecule has 4 rings (SSSR count). The number of carbonyl (C=O) groups is 2. The van der Waals surface area contributed by atoms with Gasteiger partial charge in [0.2, 0.25) is 11.8 Å². The van der Waals surface area contributed by atoms with Crippen molar-refractivity contribution in [3.8, 4) is 11.5 Å². The summed E-state index contributed by atoms with van der Waals surface area (Å²) in [6.45, 7) is 2.18. The van der Waals surface area contributed by atoms with Crippen molar-refractivity contribution in [1.82, 2.24) is 5.01 Å². The molecule has 2 aromatic carbocycles. The van der Waals surface area contributed by atoms with Gasteiger partial charge in [-0.05, 0) is 86.6 Å². The van der Waals surface area contributed by atoms with Crippen LogP contribution in [0.3, 0.4) is 0 Å². The Kier molecular flexibility index (Phi) is 7.67. The summed E-state index contributed by atoms with van der Waals surface area (Å²) in [6, 6.07) is 12.5. The largest absolute Gasteiger partial charge is 0.493 e. The molecule has 0 bridgehead atoms. The minimum absolute atomic E-state index is 0.0955. The van der Waals surface area contributed by atoms with E-state index < -0.39 is 0 Å². The third-order valence-electron chi connectivity index (χ3n) is 6.14. The van der Waals surface area contributed by atoms with Crippen LogP contribution in [0.15, 0.2) is 47.6 Å². The minimum Gasteiger partial charge on any atom is -0.493 e. The lowest BCUT2D eigenvalue weighted by Gasteiger charge is -2.21. The molecular weight excluding hydrogens is 432 g/mol. The Morgan fingerprint density at radius 2 is 1.68 bits per heavy atom. The Balaban J connectivity index is 1.39. The molecule has 1 heterocycles. The molecule has 2 aliphatic rings. The van der Waals surface area contributed by atoms with Crippen LogP contribution in [0.25, 0.3) is 0 Å². The van der Waals surface area contributed by atoms with Crippen LogP contribution in [0.1, 0.15) is 51.0 Å². The van der Waals surface area contributed by atoms with Gasteiger partial charge in [0, 0.05) is 24.8 Å². The zero-order chi connectivity index (χ0) is 23.9. The topological polar surface area (TPSA) is 92.3 Å². The third-order valence-corrected chi connectivity index (χ3v) is 6.14. The molecular formula is C26H32N4O4. The summed E-state index contributed by atoms with van der Waals surface area (Å²) < 4.78 is 11.6.